The molecule has 114 valence electrons. The van der Waals surface area contributed by atoms with E-state index >= 15 is 0 Å². The van der Waals surface area contributed by atoms with Gasteiger partial charge in [0, 0.05) is 6.42 Å². The molecule has 2 N–H and O–H groups in total. The molecule has 0 amide bonds. The lowest BCUT2D eigenvalue weighted by Crippen LogP contribution is -1.99. The Balaban J connectivity index is 2.97. The van der Waals surface area contributed by atoms with Gasteiger partial charge in [-0.15, -0.1) is 0 Å². The topological polar surface area (TPSA) is 76.0 Å². The van der Waals surface area contributed by atoms with Crippen molar-refractivity contribution in [1.82, 2.24) is 0 Å². The number of carbonyl (C=O) groups excluding carboxylic acids is 1. The van der Waals surface area contributed by atoms with Crippen molar-refractivity contribution in [2.45, 2.75) is 77.0 Å². The van der Waals surface area contributed by atoms with E-state index in [9.17, 15) is 4.79 Å². The Hall–Kier alpha value is -0.650. The van der Waals surface area contributed by atoms with Crippen LogP contribution in [0.1, 0.15) is 77.0 Å². The predicted octanol–water partition coefficient (Wildman–Crippen LogP) is 4.17. The maximum absolute atomic E-state index is 10.6. The molecule has 19 heavy (non-hydrogen) atoms. The number of carbonyl (C=O) groups is 1. The van der Waals surface area contributed by atoms with Crippen molar-refractivity contribution < 1.29 is 25.1 Å². The van der Waals surface area contributed by atoms with Crippen molar-refractivity contribution in [3.63, 3.8) is 0 Å². The molecule has 0 radical (unpaired) electrons. The molecule has 0 rings (SSSR count). The van der Waals surface area contributed by atoms with Crippen LogP contribution in [0.15, 0.2) is 0 Å². The molecule has 5 nitrogen and oxygen atoms in total. The van der Waals surface area contributed by atoms with Gasteiger partial charge in [0.1, 0.15) is 0 Å². The molecule has 0 heterocycles. The minimum atomic E-state index is -0.536. The van der Waals surface area contributed by atoms with Gasteiger partial charge >= 0.3 is 5.97 Å². The molecule has 0 aliphatic carbocycles. The third-order valence-electron chi connectivity index (χ3n) is 3.22. The molecule has 5 heteroatoms. The second-order valence-corrected chi connectivity index (χ2v) is 4.94. The van der Waals surface area contributed by atoms with E-state index in [4.69, 9.17) is 10.5 Å². The van der Waals surface area contributed by atoms with E-state index in [0.29, 0.717) is 13.0 Å². The highest BCUT2D eigenvalue weighted by Crippen LogP contribution is 2.12. The fourth-order valence-electron chi connectivity index (χ4n) is 2.07. The Bertz CT molecular complexity index is 196. The zero-order valence-corrected chi connectivity index (χ0v) is 11.8. The summed E-state index contributed by atoms with van der Waals surface area (Å²) in [6.07, 6.45) is 12.8. The summed E-state index contributed by atoms with van der Waals surface area (Å²) in [4.78, 5) is 18.2. The second kappa shape index (κ2) is 15.4. The molecular formula is C14H28O5. The summed E-state index contributed by atoms with van der Waals surface area (Å²) in [5, 5.41) is 16.2. The van der Waals surface area contributed by atoms with E-state index in [1.807, 2.05) is 0 Å². The standard InChI is InChI=1S/C14H28O5/c15-14(19-17)12-10-8-6-4-2-1-3-5-7-9-11-13-18-16/h16-17H,1-13H2. The monoisotopic (exact) mass is 276 g/mol. The van der Waals surface area contributed by atoms with E-state index in [1.54, 1.807) is 0 Å². The molecule has 0 unspecified atom stereocenters. The smallest absolute Gasteiger partial charge is 0.301 e. The summed E-state index contributed by atoms with van der Waals surface area (Å²) in [5.41, 5.74) is 0. The zero-order chi connectivity index (χ0) is 14.2. The summed E-state index contributed by atoms with van der Waals surface area (Å²) in [7, 11) is 0. The molecule has 0 saturated carbocycles. The summed E-state index contributed by atoms with van der Waals surface area (Å²) < 4.78 is 0. The number of unbranched alkanes of at least 4 members (excludes halogenated alkanes) is 10. The summed E-state index contributed by atoms with van der Waals surface area (Å²) in [5.74, 6) is -0.536. The van der Waals surface area contributed by atoms with Crippen molar-refractivity contribution in [3.05, 3.63) is 0 Å². The van der Waals surface area contributed by atoms with E-state index in [-0.39, 0.29) is 0 Å². The van der Waals surface area contributed by atoms with Crippen LogP contribution in [-0.4, -0.2) is 23.1 Å². The molecule has 0 aliphatic heterocycles. The first-order valence-electron chi connectivity index (χ1n) is 7.42. The first kappa shape index (κ1) is 18.4. The van der Waals surface area contributed by atoms with E-state index in [2.05, 4.69) is 9.78 Å². The molecule has 0 aromatic rings. The van der Waals surface area contributed by atoms with Gasteiger partial charge in [0.15, 0.2) is 0 Å². The van der Waals surface area contributed by atoms with Crippen LogP contribution in [0, 0.1) is 0 Å². The zero-order valence-electron chi connectivity index (χ0n) is 11.8. The molecule has 0 fully saturated rings. The SMILES string of the molecule is O=C(CCCCCCCCCCCCCOO)OO. The van der Waals surface area contributed by atoms with Crippen LogP contribution in [0.5, 0.6) is 0 Å². The first-order valence-corrected chi connectivity index (χ1v) is 7.42. The average molecular weight is 276 g/mol. The minimum absolute atomic E-state index is 0.314. The quantitative estimate of drug-likeness (QED) is 0.283. The van der Waals surface area contributed by atoms with Crippen LogP contribution in [0.4, 0.5) is 0 Å². The van der Waals surface area contributed by atoms with Gasteiger partial charge in [-0.3, -0.25) is 5.26 Å². The third kappa shape index (κ3) is 15.3. The largest absolute Gasteiger partial charge is 0.342 e. The second-order valence-electron chi connectivity index (χ2n) is 4.94. The van der Waals surface area contributed by atoms with Crippen molar-refractivity contribution in [2.24, 2.45) is 0 Å². The van der Waals surface area contributed by atoms with E-state index in [1.165, 1.54) is 38.5 Å². The normalized spacial score (nSPS) is 10.6. The highest BCUT2D eigenvalue weighted by Gasteiger charge is 2.00. The van der Waals surface area contributed by atoms with Crippen LogP contribution in [0.25, 0.3) is 0 Å². The van der Waals surface area contributed by atoms with Gasteiger partial charge in [-0.25, -0.2) is 9.68 Å². The number of rotatable bonds is 14. The molecule has 0 bridgehead atoms. The van der Waals surface area contributed by atoms with Crippen molar-refractivity contribution in [1.29, 1.82) is 0 Å². The predicted molar refractivity (Wildman–Crippen MR) is 72.7 cm³/mol. The van der Waals surface area contributed by atoms with Crippen LogP contribution in [0.3, 0.4) is 0 Å². The van der Waals surface area contributed by atoms with Crippen LogP contribution in [-0.2, 0) is 14.6 Å². The third-order valence-corrected chi connectivity index (χ3v) is 3.22. The lowest BCUT2D eigenvalue weighted by molar-refractivity contribution is -0.242. The van der Waals surface area contributed by atoms with E-state index in [0.717, 1.165) is 32.1 Å². The summed E-state index contributed by atoms with van der Waals surface area (Å²) in [6.45, 7) is 0.448. The van der Waals surface area contributed by atoms with Gasteiger partial charge in [-0.2, -0.15) is 5.26 Å². The van der Waals surface area contributed by atoms with E-state index < -0.39 is 5.97 Å². The van der Waals surface area contributed by atoms with Crippen LogP contribution >= 0.6 is 0 Å². The number of hydrogen-bond donors (Lipinski definition) is 2. The molecule has 0 saturated heterocycles. The molecule has 0 atom stereocenters. The average Bonchev–Trinajstić information content (AvgIpc) is 2.43. The van der Waals surface area contributed by atoms with Crippen LogP contribution < -0.4 is 0 Å². The van der Waals surface area contributed by atoms with Gasteiger partial charge in [0.05, 0.1) is 6.61 Å². The molecule has 0 aromatic heterocycles. The minimum Gasteiger partial charge on any atom is -0.301 e. The Labute approximate surface area is 115 Å². The maximum atomic E-state index is 10.6. The summed E-state index contributed by atoms with van der Waals surface area (Å²) in [6, 6.07) is 0. The fourth-order valence-corrected chi connectivity index (χ4v) is 2.07. The lowest BCUT2D eigenvalue weighted by Gasteiger charge is -2.02. The van der Waals surface area contributed by atoms with Gasteiger partial charge in [0.2, 0.25) is 0 Å². The Morgan fingerprint density at radius 3 is 1.53 bits per heavy atom. The molecule has 0 aliphatic rings. The maximum Gasteiger partial charge on any atom is 0.342 e. The van der Waals surface area contributed by atoms with Crippen molar-refractivity contribution in [2.75, 3.05) is 6.61 Å². The molecule has 0 aromatic carbocycles. The van der Waals surface area contributed by atoms with Crippen LogP contribution in [0.2, 0.25) is 0 Å². The highest BCUT2D eigenvalue weighted by molar-refractivity contribution is 5.68. The van der Waals surface area contributed by atoms with Crippen molar-refractivity contribution >= 4 is 5.97 Å². The van der Waals surface area contributed by atoms with Gasteiger partial charge in [0.25, 0.3) is 0 Å². The Kier molecular flexibility index (Phi) is 14.9. The Morgan fingerprint density at radius 2 is 1.11 bits per heavy atom. The number of hydrogen-bond acceptors (Lipinski definition) is 5. The lowest BCUT2D eigenvalue weighted by atomic mass is 10.1. The highest BCUT2D eigenvalue weighted by atomic mass is 17.1. The summed E-state index contributed by atoms with van der Waals surface area (Å²) >= 11 is 0. The molecular weight excluding hydrogens is 248 g/mol. The Morgan fingerprint density at radius 1 is 0.684 bits per heavy atom. The van der Waals surface area contributed by atoms with Gasteiger partial charge < -0.3 is 4.89 Å². The molecule has 0 spiro atoms. The fraction of sp³-hybridized carbons (Fsp3) is 0.929. The van der Waals surface area contributed by atoms with Gasteiger partial charge in [-0.1, -0.05) is 57.8 Å². The van der Waals surface area contributed by atoms with Gasteiger partial charge in [-0.05, 0) is 12.8 Å². The van der Waals surface area contributed by atoms with Crippen molar-refractivity contribution in [3.8, 4) is 0 Å². The first-order chi connectivity index (χ1) is 9.31.